The highest BCUT2D eigenvalue weighted by molar-refractivity contribution is 5.94. The summed E-state index contributed by atoms with van der Waals surface area (Å²) in [7, 11) is 0. The summed E-state index contributed by atoms with van der Waals surface area (Å²) >= 11 is 0. The third-order valence-electron chi connectivity index (χ3n) is 3.91. The summed E-state index contributed by atoms with van der Waals surface area (Å²) in [6.07, 6.45) is -0.0973. The topological polar surface area (TPSA) is 84.5 Å². The third kappa shape index (κ3) is 6.93. The molecule has 2 aromatic rings. The van der Waals surface area contributed by atoms with Crippen molar-refractivity contribution in [2.45, 2.75) is 33.6 Å². The molecule has 0 fully saturated rings. The molecule has 0 aliphatic rings. The Morgan fingerprint density at radius 1 is 0.815 bits per heavy atom. The van der Waals surface area contributed by atoms with Gasteiger partial charge in [0.1, 0.15) is 0 Å². The summed E-state index contributed by atoms with van der Waals surface area (Å²) in [5.41, 5.74) is 4.48. The highest BCUT2D eigenvalue weighted by atomic mass is 16.5. The Morgan fingerprint density at radius 2 is 1.48 bits per heavy atom. The summed E-state index contributed by atoms with van der Waals surface area (Å²) in [5.74, 6) is -1.29. The molecule has 6 nitrogen and oxygen atoms in total. The number of ether oxygens (including phenoxy) is 1. The fourth-order valence-corrected chi connectivity index (χ4v) is 2.43. The van der Waals surface area contributed by atoms with E-state index in [0.29, 0.717) is 11.4 Å². The number of hydrogen-bond donors (Lipinski definition) is 2. The lowest BCUT2D eigenvalue weighted by Crippen LogP contribution is -2.22. The number of rotatable bonds is 7. The molecule has 0 bridgehead atoms. The maximum atomic E-state index is 11.9. The smallest absolute Gasteiger partial charge is 0.306 e. The first-order valence-electron chi connectivity index (χ1n) is 8.73. The van der Waals surface area contributed by atoms with Gasteiger partial charge < -0.3 is 15.4 Å². The molecular formula is C21H24N2O4. The van der Waals surface area contributed by atoms with Crippen LogP contribution in [0.1, 0.15) is 29.5 Å². The summed E-state index contributed by atoms with van der Waals surface area (Å²) in [5, 5.41) is 5.41. The molecule has 6 heteroatoms. The van der Waals surface area contributed by atoms with Gasteiger partial charge >= 0.3 is 5.97 Å². The van der Waals surface area contributed by atoms with E-state index < -0.39 is 11.9 Å². The van der Waals surface area contributed by atoms with Crippen LogP contribution in [0.2, 0.25) is 0 Å². The van der Waals surface area contributed by atoms with E-state index in [0.717, 1.165) is 16.7 Å². The molecule has 0 radical (unpaired) electrons. The lowest BCUT2D eigenvalue weighted by atomic mass is 10.1. The summed E-state index contributed by atoms with van der Waals surface area (Å²) in [4.78, 5) is 35.5. The van der Waals surface area contributed by atoms with Gasteiger partial charge in [0.05, 0.1) is 6.42 Å². The molecular weight excluding hydrogens is 344 g/mol. The van der Waals surface area contributed by atoms with Crippen molar-refractivity contribution in [1.82, 2.24) is 0 Å². The normalized spacial score (nSPS) is 10.2. The molecule has 2 N–H and O–H groups in total. The van der Waals surface area contributed by atoms with Gasteiger partial charge in [0.15, 0.2) is 6.61 Å². The van der Waals surface area contributed by atoms with Gasteiger partial charge in [0, 0.05) is 17.8 Å². The van der Waals surface area contributed by atoms with E-state index in [2.05, 4.69) is 10.6 Å². The molecule has 0 spiro atoms. The Balaban J connectivity index is 1.69. The molecule has 0 unspecified atom stereocenters. The monoisotopic (exact) mass is 368 g/mol. The predicted octanol–water partition coefficient (Wildman–Crippen LogP) is 3.51. The Labute approximate surface area is 158 Å². The van der Waals surface area contributed by atoms with Gasteiger partial charge in [0.25, 0.3) is 5.91 Å². The van der Waals surface area contributed by atoms with Crippen LogP contribution in [-0.2, 0) is 19.1 Å². The van der Waals surface area contributed by atoms with Gasteiger partial charge in [0.2, 0.25) is 5.91 Å². The molecule has 2 amide bonds. The van der Waals surface area contributed by atoms with Gasteiger partial charge in [-0.1, -0.05) is 35.4 Å². The lowest BCUT2D eigenvalue weighted by Gasteiger charge is -2.10. The molecule has 0 saturated heterocycles. The van der Waals surface area contributed by atoms with Crippen LogP contribution < -0.4 is 10.6 Å². The van der Waals surface area contributed by atoms with Gasteiger partial charge in [-0.15, -0.1) is 0 Å². The highest BCUT2D eigenvalue weighted by Gasteiger charge is 2.11. The van der Waals surface area contributed by atoms with Crippen molar-refractivity contribution in [3.05, 3.63) is 59.2 Å². The van der Waals surface area contributed by atoms with Crippen molar-refractivity contribution in [2.24, 2.45) is 0 Å². The minimum absolute atomic E-state index is 0.00853. The van der Waals surface area contributed by atoms with Gasteiger partial charge in [-0.25, -0.2) is 0 Å². The third-order valence-corrected chi connectivity index (χ3v) is 3.91. The molecule has 0 atom stereocenters. The number of benzene rings is 2. The summed E-state index contributed by atoms with van der Waals surface area (Å²) in [6, 6.07) is 13.0. The Hall–Kier alpha value is -3.15. The molecule has 27 heavy (non-hydrogen) atoms. The number of hydrogen-bond acceptors (Lipinski definition) is 4. The number of esters is 1. The van der Waals surface area contributed by atoms with Gasteiger partial charge in [-0.3, -0.25) is 14.4 Å². The average molecular weight is 368 g/mol. The van der Waals surface area contributed by atoms with Crippen LogP contribution in [0.5, 0.6) is 0 Å². The van der Waals surface area contributed by atoms with E-state index in [1.165, 1.54) is 0 Å². The second-order valence-electron chi connectivity index (χ2n) is 6.44. The van der Waals surface area contributed by atoms with E-state index >= 15 is 0 Å². The van der Waals surface area contributed by atoms with E-state index in [1.807, 2.05) is 45.0 Å². The zero-order valence-electron chi connectivity index (χ0n) is 15.8. The van der Waals surface area contributed by atoms with E-state index in [9.17, 15) is 14.4 Å². The molecule has 0 aliphatic carbocycles. The van der Waals surface area contributed by atoms with Crippen LogP contribution in [-0.4, -0.2) is 24.4 Å². The molecule has 0 heterocycles. The number of nitrogens with one attached hydrogen (secondary N) is 2. The highest BCUT2D eigenvalue weighted by Crippen LogP contribution is 2.15. The number of carbonyl (C=O) groups is 3. The second-order valence-corrected chi connectivity index (χ2v) is 6.44. The zero-order chi connectivity index (χ0) is 19.8. The fourth-order valence-electron chi connectivity index (χ4n) is 2.43. The summed E-state index contributed by atoms with van der Waals surface area (Å²) < 4.78 is 4.92. The van der Waals surface area contributed by atoms with Gasteiger partial charge in [-0.2, -0.15) is 0 Å². The molecule has 2 aromatic carbocycles. The van der Waals surface area contributed by atoms with Crippen molar-refractivity contribution >= 4 is 29.2 Å². The maximum Gasteiger partial charge on any atom is 0.306 e. The number of carbonyl (C=O) groups excluding carboxylic acids is 3. The fraction of sp³-hybridized carbons (Fsp3) is 0.286. The standard InChI is InChI=1S/C21H24N2O4/c1-14-4-7-17(8-5-14)22-19(24)10-11-21(26)27-13-20(25)23-18-9-6-15(2)12-16(18)3/h4-9,12H,10-11,13H2,1-3H3,(H,22,24)(H,23,25). The Morgan fingerprint density at radius 3 is 2.15 bits per heavy atom. The quantitative estimate of drug-likeness (QED) is 0.733. The van der Waals surface area contributed by atoms with Crippen molar-refractivity contribution < 1.29 is 19.1 Å². The van der Waals surface area contributed by atoms with Crippen LogP contribution in [0.4, 0.5) is 11.4 Å². The van der Waals surface area contributed by atoms with Crippen molar-refractivity contribution in [3.63, 3.8) is 0 Å². The van der Waals surface area contributed by atoms with E-state index in [1.54, 1.807) is 18.2 Å². The maximum absolute atomic E-state index is 11.9. The second kappa shape index (κ2) is 9.52. The first-order valence-corrected chi connectivity index (χ1v) is 8.73. The molecule has 2 rings (SSSR count). The SMILES string of the molecule is Cc1ccc(NC(=O)CCC(=O)OCC(=O)Nc2ccc(C)cc2C)cc1. The van der Waals surface area contributed by atoms with Crippen LogP contribution in [0.25, 0.3) is 0 Å². The van der Waals surface area contributed by atoms with Crippen LogP contribution in [0.15, 0.2) is 42.5 Å². The minimum atomic E-state index is -0.593. The average Bonchev–Trinajstić information content (AvgIpc) is 2.62. The number of amides is 2. The van der Waals surface area contributed by atoms with Crippen molar-refractivity contribution in [3.8, 4) is 0 Å². The number of aryl methyl sites for hydroxylation is 3. The molecule has 0 aliphatic heterocycles. The first-order chi connectivity index (χ1) is 12.8. The van der Waals surface area contributed by atoms with Gasteiger partial charge in [-0.05, 0) is 44.5 Å². The van der Waals surface area contributed by atoms with Crippen molar-refractivity contribution in [2.75, 3.05) is 17.2 Å². The van der Waals surface area contributed by atoms with E-state index in [-0.39, 0.29) is 25.4 Å². The minimum Gasteiger partial charge on any atom is -0.456 e. The number of anilines is 2. The van der Waals surface area contributed by atoms with Crippen molar-refractivity contribution in [1.29, 1.82) is 0 Å². The van der Waals surface area contributed by atoms with Crippen LogP contribution in [0, 0.1) is 20.8 Å². The molecule has 142 valence electrons. The Bertz CT molecular complexity index is 829. The zero-order valence-corrected chi connectivity index (χ0v) is 15.8. The van der Waals surface area contributed by atoms with Crippen LogP contribution >= 0.6 is 0 Å². The predicted molar refractivity (Wildman–Crippen MR) is 105 cm³/mol. The largest absolute Gasteiger partial charge is 0.456 e. The molecule has 0 saturated carbocycles. The Kier molecular flexibility index (Phi) is 7.11. The summed E-state index contributed by atoms with van der Waals surface area (Å²) in [6.45, 7) is 5.43. The first kappa shape index (κ1) is 20.2. The lowest BCUT2D eigenvalue weighted by molar-refractivity contribution is -0.147. The molecule has 0 aromatic heterocycles. The van der Waals surface area contributed by atoms with E-state index in [4.69, 9.17) is 4.74 Å². The van der Waals surface area contributed by atoms with Crippen LogP contribution in [0.3, 0.4) is 0 Å².